The van der Waals surface area contributed by atoms with Gasteiger partial charge >= 0.3 is 5.97 Å². The molecule has 0 aromatic rings. The summed E-state index contributed by atoms with van der Waals surface area (Å²) in [5, 5.41) is 15.1. The minimum absolute atomic E-state index is 0.00581. The number of nitrogens with one attached hydrogen (secondary N) is 2. The molecule has 0 bridgehead atoms. The van der Waals surface area contributed by atoms with Crippen LogP contribution >= 0.6 is 0 Å². The molecule has 1 aliphatic heterocycles. The third kappa shape index (κ3) is 4.19. The van der Waals surface area contributed by atoms with Crippen LogP contribution in [0.15, 0.2) is 0 Å². The molecule has 1 heterocycles. The average Bonchev–Trinajstić information content (AvgIpc) is 2.68. The lowest BCUT2D eigenvalue weighted by molar-refractivity contribution is -0.153. The molecule has 0 aromatic carbocycles. The molecule has 2 fully saturated rings. The number of carbonyl (C=O) groups excluding carboxylic acids is 2. The van der Waals surface area contributed by atoms with Gasteiger partial charge in [-0.2, -0.15) is 0 Å². The molecule has 0 aromatic heterocycles. The zero-order chi connectivity index (χ0) is 15.3. The highest BCUT2D eigenvalue weighted by Gasteiger charge is 2.40. The van der Waals surface area contributed by atoms with E-state index in [1.54, 1.807) is 0 Å². The smallest absolute Gasteiger partial charge is 0.310 e. The summed E-state index contributed by atoms with van der Waals surface area (Å²) in [4.78, 5) is 34.9. The number of aliphatic carboxylic acids is 1. The number of hydrogen-bond acceptors (Lipinski definition) is 3. The normalized spacial score (nSPS) is 25.5. The van der Waals surface area contributed by atoms with Crippen molar-refractivity contribution in [1.82, 2.24) is 10.6 Å². The van der Waals surface area contributed by atoms with Gasteiger partial charge in [0.2, 0.25) is 11.8 Å². The second-order valence-corrected chi connectivity index (χ2v) is 6.28. The van der Waals surface area contributed by atoms with E-state index in [2.05, 4.69) is 10.6 Å². The molecule has 0 radical (unpaired) electrons. The number of amides is 2. The summed E-state index contributed by atoms with van der Waals surface area (Å²) in [7, 11) is 0. The first-order valence-corrected chi connectivity index (χ1v) is 7.81. The third-order valence-corrected chi connectivity index (χ3v) is 4.64. The Morgan fingerprint density at radius 1 is 1.24 bits per heavy atom. The fourth-order valence-corrected chi connectivity index (χ4v) is 3.31. The highest BCUT2D eigenvalue weighted by molar-refractivity contribution is 5.85. The van der Waals surface area contributed by atoms with Crippen LogP contribution in [0.2, 0.25) is 0 Å². The Balaban J connectivity index is 1.92. The van der Waals surface area contributed by atoms with E-state index in [1.807, 2.05) is 0 Å². The Labute approximate surface area is 124 Å². The summed E-state index contributed by atoms with van der Waals surface area (Å²) in [5.41, 5.74) is -0.904. The number of carbonyl (C=O) groups is 3. The van der Waals surface area contributed by atoms with Crippen molar-refractivity contribution >= 4 is 17.8 Å². The van der Waals surface area contributed by atoms with Gasteiger partial charge in [0.15, 0.2) is 0 Å². The van der Waals surface area contributed by atoms with E-state index in [4.69, 9.17) is 0 Å². The standard InChI is InChI=1S/C15H24N2O4/c18-12-6-5-11(10-16-12)17-13(19)9-15(14(20)21)7-3-1-2-4-8-15/h11H,1-10H2,(H,16,18)(H,17,19)(H,20,21). The third-order valence-electron chi connectivity index (χ3n) is 4.64. The predicted octanol–water partition coefficient (Wildman–Crippen LogP) is 1.20. The van der Waals surface area contributed by atoms with Gasteiger partial charge in [-0.1, -0.05) is 25.7 Å². The first kappa shape index (κ1) is 15.8. The number of rotatable bonds is 4. The number of hydrogen-bond donors (Lipinski definition) is 3. The monoisotopic (exact) mass is 296 g/mol. The molecule has 1 saturated heterocycles. The molecule has 1 atom stereocenters. The molecule has 1 saturated carbocycles. The molecule has 118 valence electrons. The Hall–Kier alpha value is -1.59. The largest absolute Gasteiger partial charge is 0.481 e. The van der Waals surface area contributed by atoms with Crippen LogP contribution in [0, 0.1) is 5.41 Å². The Morgan fingerprint density at radius 2 is 1.90 bits per heavy atom. The van der Waals surface area contributed by atoms with E-state index in [0.29, 0.717) is 32.2 Å². The van der Waals surface area contributed by atoms with Crippen molar-refractivity contribution in [3.05, 3.63) is 0 Å². The van der Waals surface area contributed by atoms with Crippen molar-refractivity contribution in [2.24, 2.45) is 5.41 Å². The van der Waals surface area contributed by atoms with Gasteiger partial charge in [0.1, 0.15) is 0 Å². The van der Waals surface area contributed by atoms with E-state index in [0.717, 1.165) is 25.7 Å². The Morgan fingerprint density at radius 3 is 2.43 bits per heavy atom. The van der Waals surface area contributed by atoms with Crippen LogP contribution in [-0.4, -0.2) is 35.5 Å². The molecule has 2 amide bonds. The fraction of sp³-hybridized carbons (Fsp3) is 0.800. The number of carboxylic acids is 1. The average molecular weight is 296 g/mol. The maximum atomic E-state index is 12.2. The molecule has 1 aliphatic carbocycles. The lowest BCUT2D eigenvalue weighted by atomic mass is 9.77. The zero-order valence-corrected chi connectivity index (χ0v) is 12.3. The summed E-state index contributed by atoms with van der Waals surface area (Å²) in [6.45, 7) is 0.435. The van der Waals surface area contributed by atoms with Gasteiger partial charge in [0, 0.05) is 25.4 Å². The molecule has 2 aliphatic rings. The van der Waals surface area contributed by atoms with Crippen molar-refractivity contribution in [1.29, 1.82) is 0 Å². The highest BCUT2D eigenvalue weighted by Crippen LogP contribution is 2.38. The first-order chi connectivity index (χ1) is 10.0. The van der Waals surface area contributed by atoms with E-state index in [-0.39, 0.29) is 24.3 Å². The summed E-state index contributed by atoms with van der Waals surface area (Å²) >= 11 is 0. The maximum absolute atomic E-state index is 12.2. The van der Waals surface area contributed by atoms with Crippen molar-refractivity contribution in [2.75, 3.05) is 6.54 Å². The fourth-order valence-electron chi connectivity index (χ4n) is 3.31. The Bertz CT molecular complexity index is 404. The molecule has 1 unspecified atom stereocenters. The van der Waals surface area contributed by atoms with Crippen LogP contribution in [0.3, 0.4) is 0 Å². The summed E-state index contributed by atoms with van der Waals surface area (Å²) in [6.07, 6.45) is 6.09. The molecule has 0 spiro atoms. The Kier molecular flexibility index (Phi) is 5.20. The lowest BCUT2D eigenvalue weighted by Gasteiger charge is -2.29. The van der Waals surface area contributed by atoms with Crippen LogP contribution in [-0.2, 0) is 14.4 Å². The molecule has 6 nitrogen and oxygen atoms in total. The maximum Gasteiger partial charge on any atom is 0.310 e. The zero-order valence-electron chi connectivity index (χ0n) is 12.3. The van der Waals surface area contributed by atoms with Gasteiger partial charge in [-0.05, 0) is 19.3 Å². The van der Waals surface area contributed by atoms with Crippen LogP contribution in [0.25, 0.3) is 0 Å². The lowest BCUT2D eigenvalue weighted by Crippen LogP contribution is -2.49. The summed E-state index contributed by atoms with van der Waals surface area (Å²) < 4.78 is 0. The summed E-state index contributed by atoms with van der Waals surface area (Å²) in [6, 6.07) is -0.0770. The van der Waals surface area contributed by atoms with E-state index < -0.39 is 11.4 Å². The van der Waals surface area contributed by atoms with Gasteiger partial charge in [-0.25, -0.2) is 0 Å². The SMILES string of the molecule is O=C1CCC(NC(=O)CC2(C(=O)O)CCCCCC2)CN1. The van der Waals surface area contributed by atoms with E-state index >= 15 is 0 Å². The molecule has 6 heteroatoms. The van der Waals surface area contributed by atoms with Crippen LogP contribution in [0.1, 0.15) is 57.8 Å². The number of carboxylic acid groups (broad SMARTS) is 1. The van der Waals surface area contributed by atoms with E-state index in [1.165, 1.54) is 0 Å². The second kappa shape index (κ2) is 6.91. The molecule has 3 N–H and O–H groups in total. The minimum atomic E-state index is -0.904. The van der Waals surface area contributed by atoms with Gasteiger partial charge in [0.05, 0.1) is 5.41 Å². The van der Waals surface area contributed by atoms with Gasteiger partial charge < -0.3 is 15.7 Å². The van der Waals surface area contributed by atoms with E-state index in [9.17, 15) is 19.5 Å². The first-order valence-electron chi connectivity index (χ1n) is 7.81. The predicted molar refractivity (Wildman–Crippen MR) is 76.6 cm³/mol. The molecule has 21 heavy (non-hydrogen) atoms. The van der Waals surface area contributed by atoms with Gasteiger partial charge in [-0.3, -0.25) is 14.4 Å². The highest BCUT2D eigenvalue weighted by atomic mass is 16.4. The van der Waals surface area contributed by atoms with Crippen molar-refractivity contribution < 1.29 is 19.5 Å². The van der Waals surface area contributed by atoms with Crippen molar-refractivity contribution in [3.63, 3.8) is 0 Å². The number of piperidine rings is 1. The second-order valence-electron chi connectivity index (χ2n) is 6.28. The van der Waals surface area contributed by atoms with Crippen LogP contribution < -0.4 is 10.6 Å². The van der Waals surface area contributed by atoms with Crippen molar-refractivity contribution in [2.45, 2.75) is 63.8 Å². The van der Waals surface area contributed by atoms with Gasteiger partial charge in [-0.15, -0.1) is 0 Å². The molecular weight excluding hydrogens is 272 g/mol. The minimum Gasteiger partial charge on any atom is -0.481 e. The summed E-state index contributed by atoms with van der Waals surface area (Å²) in [5.74, 6) is -1.05. The van der Waals surface area contributed by atoms with Crippen molar-refractivity contribution in [3.8, 4) is 0 Å². The van der Waals surface area contributed by atoms with Gasteiger partial charge in [0.25, 0.3) is 0 Å². The topological polar surface area (TPSA) is 95.5 Å². The quantitative estimate of drug-likeness (QED) is 0.679. The molecular formula is C15H24N2O4. The van der Waals surface area contributed by atoms with Crippen LogP contribution in [0.4, 0.5) is 0 Å². The molecule has 2 rings (SSSR count). The van der Waals surface area contributed by atoms with Crippen LogP contribution in [0.5, 0.6) is 0 Å².